The largest absolute Gasteiger partial charge is 0.482 e. The van der Waals surface area contributed by atoms with E-state index in [1.165, 1.54) is 16.7 Å². The highest BCUT2D eigenvalue weighted by atomic mass is 16.5. The summed E-state index contributed by atoms with van der Waals surface area (Å²) < 4.78 is 14.0. The fourth-order valence-corrected chi connectivity index (χ4v) is 3.52. The van der Waals surface area contributed by atoms with Crippen LogP contribution in [0.2, 0.25) is 0 Å². The lowest BCUT2D eigenvalue weighted by molar-refractivity contribution is 0.166. The van der Waals surface area contributed by atoms with E-state index in [2.05, 4.69) is 41.8 Å². The molecule has 4 nitrogen and oxygen atoms in total. The van der Waals surface area contributed by atoms with Crippen molar-refractivity contribution < 1.29 is 9.47 Å². The molecule has 0 radical (unpaired) electrons. The number of hydrogen-bond acceptors (Lipinski definition) is 3. The minimum Gasteiger partial charge on any atom is -0.482 e. The molecule has 0 aliphatic carbocycles. The molecule has 0 saturated carbocycles. The molecule has 0 amide bonds. The Bertz CT molecular complexity index is 884. The summed E-state index contributed by atoms with van der Waals surface area (Å²) >= 11 is 0. The van der Waals surface area contributed by atoms with E-state index in [0.717, 1.165) is 35.6 Å². The van der Waals surface area contributed by atoms with Gasteiger partial charge in [0, 0.05) is 30.1 Å². The second-order valence-electron chi connectivity index (χ2n) is 6.43. The van der Waals surface area contributed by atoms with Crippen LogP contribution in [0.3, 0.4) is 0 Å². The summed E-state index contributed by atoms with van der Waals surface area (Å²) in [5, 5.41) is 0. The SMILES string of the molecule is COCc1cn2c(C)c(C)nc2c2c1CC[C@@H](c1ccccc1)O2. The highest BCUT2D eigenvalue weighted by Gasteiger charge is 2.27. The number of hydrogen-bond donors (Lipinski definition) is 0. The van der Waals surface area contributed by atoms with Gasteiger partial charge in [-0.3, -0.25) is 0 Å². The van der Waals surface area contributed by atoms with E-state index in [0.29, 0.717) is 6.61 Å². The molecule has 0 bridgehead atoms. The van der Waals surface area contributed by atoms with Gasteiger partial charge in [-0.25, -0.2) is 4.98 Å². The van der Waals surface area contributed by atoms with Gasteiger partial charge in [0.05, 0.1) is 12.3 Å². The Morgan fingerprint density at radius 3 is 2.79 bits per heavy atom. The number of fused-ring (bicyclic) bond motifs is 3. The van der Waals surface area contributed by atoms with E-state index in [4.69, 9.17) is 14.5 Å². The molecular formula is C20H22N2O2. The summed E-state index contributed by atoms with van der Waals surface area (Å²) in [7, 11) is 1.74. The maximum Gasteiger partial charge on any atom is 0.180 e. The number of rotatable bonds is 3. The summed E-state index contributed by atoms with van der Waals surface area (Å²) in [6.45, 7) is 4.73. The lowest BCUT2D eigenvalue weighted by Gasteiger charge is -2.28. The molecule has 4 rings (SSSR count). The maximum absolute atomic E-state index is 6.45. The van der Waals surface area contributed by atoms with Gasteiger partial charge in [0.1, 0.15) is 6.10 Å². The molecule has 2 aromatic heterocycles. The Labute approximate surface area is 142 Å². The number of methoxy groups -OCH3 is 1. The van der Waals surface area contributed by atoms with E-state index in [-0.39, 0.29) is 6.10 Å². The molecule has 0 N–H and O–H groups in total. The van der Waals surface area contributed by atoms with Crippen molar-refractivity contribution in [2.45, 2.75) is 39.4 Å². The van der Waals surface area contributed by atoms with Crippen LogP contribution < -0.4 is 4.74 Å². The van der Waals surface area contributed by atoms with Gasteiger partial charge in [-0.05, 0) is 32.3 Å². The van der Waals surface area contributed by atoms with Crippen LogP contribution in [0, 0.1) is 13.8 Å². The normalized spacial score (nSPS) is 16.9. The van der Waals surface area contributed by atoms with Crippen molar-refractivity contribution in [1.29, 1.82) is 0 Å². The third-order valence-electron chi connectivity index (χ3n) is 4.92. The Morgan fingerprint density at radius 1 is 1.25 bits per heavy atom. The van der Waals surface area contributed by atoms with Gasteiger partial charge >= 0.3 is 0 Å². The lowest BCUT2D eigenvalue weighted by Crippen LogP contribution is -2.18. The summed E-state index contributed by atoms with van der Waals surface area (Å²) in [5.74, 6) is 0.917. The number of nitrogens with zero attached hydrogens (tertiary/aromatic N) is 2. The Morgan fingerprint density at radius 2 is 2.04 bits per heavy atom. The highest BCUT2D eigenvalue weighted by Crippen LogP contribution is 2.40. The fraction of sp³-hybridized carbons (Fsp3) is 0.350. The standard InChI is InChI=1S/C20H22N2O2/c1-13-14(2)22-11-16(12-23-3)17-9-10-18(15-7-5-4-6-8-15)24-19(17)20(22)21-13/h4-8,11,18H,9-10,12H2,1-3H3/t18-/m0/s1. The van der Waals surface area contributed by atoms with Crippen LogP contribution in [0.5, 0.6) is 5.75 Å². The molecule has 1 aliphatic heterocycles. The van der Waals surface area contributed by atoms with E-state index in [1.54, 1.807) is 7.11 Å². The molecule has 1 aliphatic rings. The number of ether oxygens (including phenoxy) is 2. The minimum absolute atomic E-state index is 0.0811. The molecule has 3 aromatic rings. The molecule has 124 valence electrons. The second kappa shape index (κ2) is 5.95. The number of imidazole rings is 1. The Balaban J connectivity index is 1.86. The van der Waals surface area contributed by atoms with E-state index in [1.807, 2.05) is 13.0 Å². The van der Waals surface area contributed by atoms with E-state index in [9.17, 15) is 0 Å². The first-order valence-electron chi connectivity index (χ1n) is 8.39. The Hall–Kier alpha value is -2.33. The first-order chi connectivity index (χ1) is 11.7. The van der Waals surface area contributed by atoms with Crippen molar-refractivity contribution in [2.75, 3.05) is 7.11 Å². The van der Waals surface area contributed by atoms with Crippen molar-refractivity contribution in [1.82, 2.24) is 9.38 Å². The molecule has 0 saturated heterocycles. The molecule has 1 aromatic carbocycles. The zero-order valence-corrected chi connectivity index (χ0v) is 14.4. The maximum atomic E-state index is 6.45. The van der Waals surface area contributed by atoms with E-state index < -0.39 is 0 Å². The van der Waals surface area contributed by atoms with Crippen LogP contribution in [-0.2, 0) is 17.8 Å². The van der Waals surface area contributed by atoms with Gasteiger partial charge in [0.2, 0.25) is 0 Å². The summed E-state index contributed by atoms with van der Waals surface area (Å²) in [4.78, 5) is 4.75. The topological polar surface area (TPSA) is 35.8 Å². The van der Waals surface area contributed by atoms with Crippen molar-refractivity contribution in [3.8, 4) is 5.75 Å². The predicted molar refractivity (Wildman–Crippen MR) is 93.5 cm³/mol. The number of aromatic nitrogens is 2. The smallest absolute Gasteiger partial charge is 0.180 e. The van der Waals surface area contributed by atoms with Gasteiger partial charge in [-0.15, -0.1) is 0 Å². The van der Waals surface area contributed by atoms with Gasteiger partial charge in [0.25, 0.3) is 0 Å². The fourth-order valence-electron chi connectivity index (χ4n) is 3.52. The molecule has 4 heteroatoms. The van der Waals surface area contributed by atoms with Gasteiger partial charge in [0.15, 0.2) is 11.4 Å². The minimum atomic E-state index is 0.0811. The van der Waals surface area contributed by atoms with Crippen LogP contribution in [0.15, 0.2) is 36.5 Å². The molecule has 0 fully saturated rings. The van der Waals surface area contributed by atoms with Gasteiger partial charge < -0.3 is 13.9 Å². The van der Waals surface area contributed by atoms with Crippen LogP contribution >= 0.6 is 0 Å². The van der Waals surface area contributed by atoms with Gasteiger partial charge in [-0.1, -0.05) is 30.3 Å². The Kier molecular flexibility index (Phi) is 3.77. The molecular weight excluding hydrogens is 300 g/mol. The van der Waals surface area contributed by atoms with Crippen LogP contribution in [-0.4, -0.2) is 16.5 Å². The molecule has 0 spiro atoms. The summed E-state index contributed by atoms with van der Waals surface area (Å²) in [6, 6.07) is 10.4. The van der Waals surface area contributed by atoms with Crippen LogP contribution in [0.4, 0.5) is 0 Å². The van der Waals surface area contributed by atoms with Crippen LogP contribution in [0.1, 0.15) is 40.6 Å². The third kappa shape index (κ3) is 2.38. The first kappa shape index (κ1) is 15.2. The quantitative estimate of drug-likeness (QED) is 0.726. The number of pyridine rings is 1. The zero-order valence-electron chi connectivity index (χ0n) is 14.4. The zero-order chi connectivity index (χ0) is 16.7. The number of benzene rings is 1. The predicted octanol–water partition coefficient (Wildman–Crippen LogP) is 4.16. The van der Waals surface area contributed by atoms with Gasteiger partial charge in [-0.2, -0.15) is 0 Å². The van der Waals surface area contributed by atoms with Crippen molar-refractivity contribution in [3.05, 3.63) is 64.6 Å². The van der Waals surface area contributed by atoms with Crippen molar-refractivity contribution in [3.63, 3.8) is 0 Å². The molecule has 1 atom stereocenters. The van der Waals surface area contributed by atoms with E-state index >= 15 is 0 Å². The first-order valence-corrected chi connectivity index (χ1v) is 8.39. The molecule has 0 unspecified atom stereocenters. The molecule has 24 heavy (non-hydrogen) atoms. The monoisotopic (exact) mass is 322 g/mol. The summed E-state index contributed by atoms with van der Waals surface area (Å²) in [5.41, 5.74) is 6.75. The summed E-state index contributed by atoms with van der Waals surface area (Å²) in [6.07, 6.45) is 4.19. The number of aryl methyl sites for hydroxylation is 2. The van der Waals surface area contributed by atoms with Crippen molar-refractivity contribution >= 4 is 5.65 Å². The third-order valence-corrected chi connectivity index (χ3v) is 4.92. The highest BCUT2D eigenvalue weighted by molar-refractivity contribution is 5.63. The second-order valence-corrected chi connectivity index (χ2v) is 6.43. The van der Waals surface area contributed by atoms with Crippen LogP contribution in [0.25, 0.3) is 5.65 Å². The average molecular weight is 322 g/mol. The molecule has 3 heterocycles. The van der Waals surface area contributed by atoms with Crippen molar-refractivity contribution in [2.24, 2.45) is 0 Å². The lowest BCUT2D eigenvalue weighted by atomic mass is 9.95. The average Bonchev–Trinajstić information content (AvgIpc) is 2.91.